The second-order valence-corrected chi connectivity index (χ2v) is 11.3. The summed E-state index contributed by atoms with van der Waals surface area (Å²) in [6.45, 7) is 5.07. The van der Waals surface area contributed by atoms with Crippen LogP contribution in [0, 0.1) is 5.92 Å². The Morgan fingerprint density at radius 3 is 2.76 bits per heavy atom. The minimum Gasteiger partial charge on any atom is -0.467 e. The monoisotopic (exact) mass is 526 g/mol. The Hall–Kier alpha value is -3.14. The standard InChI is InChI=1S/C27H34N4O5S/c1-16(2)23-24(32)31-13-20(11-22(31)25(33)35-3)36-27(34)30-12-18-9-6-8-17(21(18)14-30)7-4-5-10-19-15-37-26(28-19)29-23/h6,8-9,15-16,20,22-23H,4-5,7,10-14H2,1-3H3,(H,28,29)/t20-,22+,23+/m1/s1. The quantitative estimate of drug-likeness (QED) is 0.595. The molecular weight excluding hydrogens is 492 g/mol. The number of methoxy groups -OCH3 is 1. The third kappa shape index (κ3) is 5.30. The lowest BCUT2D eigenvalue weighted by molar-refractivity contribution is -0.151. The summed E-state index contributed by atoms with van der Waals surface area (Å²) in [5.41, 5.74) is 4.63. The predicted molar refractivity (Wildman–Crippen MR) is 139 cm³/mol. The van der Waals surface area contributed by atoms with Gasteiger partial charge in [0.05, 0.1) is 19.3 Å². The summed E-state index contributed by atoms with van der Waals surface area (Å²) >= 11 is 1.49. The second kappa shape index (κ2) is 10.7. The van der Waals surface area contributed by atoms with E-state index in [0.717, 1.165) is 36.9 Å². The highest BCUT2D eigenvalue weighted by Crippen LogP contribution is 2.31. The number of rotatable bonds is 2. The number of ether oxygens (including phenoxy) is 2. The van der Waals surface area contributed by atoms with Crippen molar-refractivity contribution in [2.45, 2.75) is 77.2 Å². The van der Waals surface area contributed by atoms with E-state index in [2.05, 4.69) is 23.5 Å². The highest BCUT2D eigenvalue weighted by atomic mass is 32.1. The Morgan fingerprint density at radius 1 is 1.19 bits per heavy atom. The lowest BCUT2D eigenvalue weighted by Gasteiger charge is -2.29. The highest BCUT2D eigenvalue weighted by molar-refractivity contribution is 7.13. The molecule has 3 aliphatic rings. The summed E-state index contributed by atoms with van der Waals surface area (Å²) in [5, 5.41) is 6.04. The van der Waals surface area contributed by atoms with Crippen LogP contribution >= 0.6 is 11.3 Å². The predicted octanol–water partition coefficient (Wildman–Crippen LogP) is 3.75. The van der Waals surface area contributed by atoms with Gasteiger partial charge in [-0.2, -0.15) is 0 Å². The summed E-state index contributed by atoms with van der Waals surface area (Å²) in [6, 6.07) is 4.89. The first kappa shape index (κ1) is 25.5. The van der Waals surface area contributed by atoms with Crippen LogP contribution in [0.1, 0.15) is 55.5 Å². The fourth-order valence-corrected chi connectivity index (χ4v) is 6.28. The van der Waals surface area contributed by atoms with Gasteiger partial charge in [-0.25, -0.2) is 14.6 Å². The Bertz CT molecular complexity index is 1180. The zero-order valence-corrected chi connectivity index (χ0v) is 22.4. The normalized spacial score (nSPS) is 24.3. The average molecular weight is 527 g/mol. The molecule has 4 heterocycles. The number of aromatic nitrogens is 1. The SMILES string of the molecule is COC(=O)[C@@H]1C[C@@H]2CN1C(=O)[C@H](C(C)C)Nc1nc(cs1)CCCCc1cccc3c1CN(C3)C(=O)O2. The molecule has 1 fully saturated rings. The molecule has 37 heavy (non-hydrogen) atoms. The first-order chi connectivity index (χ1) is 17.8. The number of fused-ring (bicyclic) bond motifs is 5. The number of nitrogens with one attached hydrogen (secondary N) is 1. The number of nitrogens with zero attached hydrogens (tertiary/aromatic N) is 3. The molecule has 5 rings (SSSR count). The van der Waals surface area contributed by atoms with Gasteiger partial charge in [0.15, 0.2) is 5.13 Å². The molecule has 0 aliphatic carbocycles. The van der Waals surface area contributed by atoms with Crippen molar-refractivity contribution in [2.24, 2.45) is 5.92 Å². The molecule has 0 unspecified atom stereocenters. The summed E-state index contributed by atoms with van der Waals surface area (Å²) in [7, 11) is 1.31. The van der Waals surface area contributed by atoms with E-state index < -0.39 is 30.3 Å². The van der Waals surface area contributed by atoms with Crippen molar-refractivity contribution in [2.75, 3.05) is 19.0 Å². The van der Waals surface area contributed by atoms with E-state index in [-0.39, 0.29) is 24.8 Å². The molecule has 6 bridgehead atoms. The number of carbonyl (C=O) groups excluding carboxylic acids is 3. The summed E-state index contributed by atoms with van der Waals surface area (Å²) < 4.78 is 10.9. The van der Waals surface area contributed by atoms with Crippen LogP contribution in [0.2, 0.25) is 0 Å². The van der Waals surface area contributed by atoms with Gasteiger partial charge in [-0.15, -0.1) is 11.3 Å². The highest BCUT2D eigenvalue weighted by Gasteiger charge is 2.45. The van der Waals surface area contributed by atoms with Gasteiger partial charge in [0.2, 0.25) is 5.91 Å². The van der Waals surface area contributed by atoms with Gasteiger partial charge in [0, 0.05) is 24.9 Å². The minimum absolute atomic E-state index is 0.0508. The van der Waals surface area contributed by atoms with E-state index in [4.69, 9.17) is 14.5 Å². The number of anilines is 1. The van der Waals surface area contributed by atoms with E-state index in [1.54, 1.807) is 4.90 Å². The van der Waals surface area contributed by atoms with Crippen LogP contribution in [0.25, 0.3) is 0 Å². The van der Waals surface area contributed by atoms with Crippen molar-refractivity contribution in [3.8, 4) is 0 Å². The van der Waals surface area contributed by atoms with Crippen LogP contribution in [0.3, 0.4) is 0 Å². The largest absolute Gasteiger partial charge is 0.467 e. The van der Waals surface area contributed by atoms with Gasteiger partial charge in [0.25, 0.3) is 0 Å². The van der Waals surface area contributed by atoms with Gasteiger partial charge < -0.3 is 19.7 Å². The topological polar surface area (TPSA) is 101 Å². The molecule has 3 atom stereocenters. The average Bonchev–Trinajstić information content (AvgIpc) is 3.62. The van der Waals surface area contributed by atoms with E-state index in [9.17, 15) is 14.4 Å². The number of thiazole rings is 1. The Labute approximate surface area is 221 Å². The third-order valence-electron chi connectivity index (χ3n) is 7.52. The van der Waals surface area contributed by atoms with Crippen molar-refractivity contribution >= 4 is 34.4 Å². The number of hydrogen-bond acceptors (Lipinski definition) is 8. The van der Waals surface area contributed by atoms with Crippen LogP contribution in [-0.4, -0.2) is 64.6 Å². The molecule has 10 heteroatoms. The van der Waals surface area contributed by atoms with Crippen molar-refractivity contribution in [3.63, 3.8) is 0 Å². The van der Waals surface area contributed by atoms with E-state index in [0.29, 0.717) is 18.2 Å². The lowest BCUT2D eigenvalue weighted by Crippen LogP contribution is -2.50. The Balaban J connectivity index is 1.44. The van der Waals surface area contributed by atoms with Gasteiger partial charge in [-0.3, -0.25) is 9.69 Å². The maximum atomic E-state index is 13.7. The van der Waals surface area contributed by atoms with Crippen LogP contribution in [-0.2, 0) is 45.0 Å². The van der Waals surface area contributed by atoms with Gasteiger partial charge in [-0.1, -0.05) is 32.0 Å². The van der Waals surface area contributed by atoms with E-state index in [1.807, 2.05) is 19.2 Å². The smallest absolute Gasteiger partial charge is 0.410 e. The molecule has 9 nitrogen and oxygen atoms in total. The molecule has 2 aromatic rings. The molecule has 0 radical (unpaired) electrons. The molecular formula is C27H34N4O5S. The molecule has 0 saturated carbocycles. The molecule has 1 aromatic heterocycles. The van der Waals surface area contributed by atoms with Gasteiger partial charge in [0.1, 0.15) is 18.2 Å². The summed E-state index contributed by atoms with van der Waals surface area (Å²) in [6.07, 6.45) is 3.04. The third-order valence-corrected chi connectivity index (χ3v) is 8.34. The second-order valence-electron chi connectivity index (χ2n) is 10.4. The number of amides is 2. The fraction of sp³-hybridized carbons (Fsp3) is 0.556. The van der Waals surface area contributed by atoms with Crippen LogP contribution in [0.4, 0.5) is 9.93 Å². The first-order valence-electron chi connectivity index (χ1n) is 13.0. The Morgan fingerprint density at radius 2 is 1.97 bits per heavy atom. The van der Waals surface area contributed by atoms with Crippen LogP contribution < -0.4 is 5.32 Å². The van der Waals surface area contributed by atoms with Gasteiger partial charge >= 0.3 is 12.1 Å². The number of esters is 1. The van der Waals surface area contributed by atoms with Crippen molar-refractivity contribution in [3.05, 3.63) is 46.0 Å². The van der Waals surface area contributed by atoms with Crippen molar-refractivity contribution < 1.29 is 23.9 Å². The molecule has 1 N–H and O–H groups in total. The number of carbonyl (C=O) groups is 3. The molecule has 2 amide bonds. The van der Waals surface area contributed by atoms with Crippen molar-refractivity contribution in [1.29, 1.82) is 0 Å². The molecule has 1 aromatic carbocycles. The van der Waals surface area contributed by atoms with Crippen LogP contribution in [0.15, 0.2) is 23.6 Å². The van der Waals surface area contributed by atoms with Gasteiger partial charge in [-0.05, 0) is 48.3 Å². The molecule has 1 saturated heterocycles. The van der Waals surface area contributed by atoms with Crippen molar-refractivity contribution in [1.82, 2.24) is 14.8 Å². The number of aryl methyl sites for hydroxylation is 2. The summed E-state index contributed by atoms with van der Waals surface area (Å²) in [4.78, 5) is 47.4. The molecule has 3 aliphatic heterocycles. The zero-order valence-electron chi connectivity index (χ0n) is 21.6. The van der Waals surface area contributed by atoms with E-state index in [1.165, 1.54) is 34.5 Å². The first-order valence-corrected chi connectivity index (χ1v) is 13.9. The number of hydrogen-bond donors (Lipinski definition) is 1. The van der Waals surface area contributed by atoms with Crippen LogP contribution in [0.5, 0.6) is 0 Å². The fourth-order valence-electron chi connectivity index (χ4n) is 5.49. The minimum atomic E-state index is -0.807. The Kier molecular flexibility index (Phi) is 7.37. The maximum absolute atomic E-state index is 13.7. The maximum Gasteiger partial charge on any atom is 0.410 e. The molecule has 198 valence electrons. The van der Waals surface area contributed by atoms with E-state index >= 15 is 0 Å². The number of benzene rings is 1. The molecule has 0 spiro atoms. The summed E-state index contributed by atoms with van der Waals surface area (Å²) in [5.74, 6) is -0.784. The zero-order chi connectivity index (χ0) is 26.1. The lowest BCUT2D eigenvalue weighted by atomic mass is 9.98.